The molecule has 0 spiro atoms. The van der Waals surface area contributed by atoms with Crippen molar-refractivity contribution in [1.29, 1.82) is 5.26 Å². The summed E-state index contributed by atoms with van der Waals surface area (Å²) >= 11 is 6.45. The first-order valence-corrected chi connectivity index (χ1v) is 6.45. The van der Waals surface area contributed by atoms with Gasteiger partial charge in [0.05, 0.1) is 5.69 Å². The largest absolute Gasteiger partial charge is 0.358 e. The van der Waals surface area contributed by atoms with Gasteiger partial charge in [0.25, 0.3) is 0 Å². The van der Waals surface area contributed by atoms with Crippen LogP contribution in [0.1, 0.15) is 5.82 Å². The van der Waals surface area contributed by atoms with Crippen LogP contribution in [0.2, 0.25) is 0 Å². The van der Waals surface area contributed by atoms with Gasteiger partial charge in [-0.3, -0.25) is 0 Å². The van der Waals surface area contributed by atoms with E-state index in [1.165, 1.54) is 18.3 Å². The Morgan fingerprint density at radius 2 is 2.11 bits per heavy atom. The molecule has 96 valence electrons. The van der Waals surface area contributed by atoms with Gasteiger partial charge in [-0.05, 0) is 49.2 Å². The first-order chi connectivity index (χ1) is 9.11. The predicted octanol–water partition coefficient (Wildman–Crippen LogP) is 2.84. The number of hydrogen-bond acceptors (Lipinski definition) is 5. The number of nitriles is 1. The minimum Gasteiger partial charge on any atom is -0.358 e. The zero-order valence-electron chi connectivity index (χ0n) is 9.15. The molecule has 2 rings (SSSR count). The Labute approximate surface area is 124 Å². The summed E-state index contributed by atoms with van der Waals surface area (Å²) in [7, 11) is 0. The van der Waals surface area contributed by atoms with Crippen molar-refractivity contribution in [3.63, 3.8) is 0 Å². The maximum atomic E-state index is 13.1. The van der Waals surface area contributed by atoms with Gasteiger partial charge in [-0.2, -0.15) is 10.5 Å². The highest BCUT2D eigenvalue weighted by molar-refractivity contribution is 9.11. The maximum Gasteiger partial charge on any atom is 0.216 e. The molecule has 2 aromatic rings. The second kappa shape index (κ2) is 5.90. The van der Waals surface area contributed by atoms with Crippen molar-refractivity contribution in [2.75, 3.05) is 5.32 Å². The maximum absolute atomic E-state index is 13.1. The summed E-state index contributed by atoms with van der Waals surface area (Å²) in [6, 6.07) is 4.55. The molecule has 0 radical (unpaired) electrons. The Bertz CT molecular complexity index is 638. The average Bonchev–Trinajstić information content (AvgIpc) is 2.86. The summed E-state index contributed by atoms with van der Waals surface area (Å²) in [4.78, 5) is 0. The third kappa shape index (κ3) is 3.15. The van der Waals surface area contributed by atoms with Crippen molar-refractivity contribution in [2.24, 2.45) is 0 Å². The lowest BCUT2D eigenvalue weighted by Crippen LogP contribution is -1.95. The number of allylic oxidation sites excluding steroid dienone is 1. The quantitative estimate of drug-likeness (QED) is 0.790. The van der Waals surface area contributed by atoms with Gasteiger partial charge in [-0.15, -0.1) is 10.2 Å². The number of nitrogens with zero attached hydrogens (tertiary/aromatic N) is 4. The zero-order valence-corrected chi connectivity index (χ0v) is 12.3. The lowest BCUT2D eigenvalue weighted by Gasteiger charge is -2.07. The molecular formula is C10H5Br2FN6. The van der Waals surface area contributed by atoms with Crippen LogP contribution in [0, 0.1) is 17.1 Å². The Hall–Kier alpha value is -1.79. The molecule has 19 heavy (non-hydrogen) atoms. The lowest BCUT2D eigenvalue weighted by molar-refractivity contribution is 0.626. The molecule has 6 nitrogen and oxygen atoms in total. The SMILES string of the molecule is N#CC(=CNc1c(Br)cc(F)cc1Br)c1nn[nH]n1. The fourth-order valence-electron chi connectivity index (χ4n) is 1.25. The minimum absolute atomic E-state index is 0.171. The van der Waals surface area contributed by atoms with E-state index in [0.29, 0.717) is 14.6 Å². The van der Waals surface area contributed by atoms with Gasteiger partial charge in [0, 0.05) is 15.1 Å². The van der Waals surface area contributed by atoms with E-state index >= 15 is 0 Å². The first kappa shape index (κ1) is 13.6. The summed E-state index contributed by atoms with van der Waals surface area (Å²) in [5.41, 5.74) is 0.773. The summed E-state index contributed by atoms with van der Waals surface area (Å²) in [5, 5.41) is 24.9. The van der Waals surface area contributed by atoms with Gasteiger partial charge >= 0.3 is 0 Å². The van der Waals surface area contributed by atoms with E-state index in [4.69, 9.17) is 5.26 Å². The molecule has 0 unspecified atom stereocenters. The second-order valence-electron chi connectivity index (χ2n) is 3.29. The number of aromatic nitrogens is 4. The second-order valence-corrected chi connectivity index (χ2v) is 5.00. The predicted molar refractivity (Wildman–Crippen MR) is 73.2 cm³/mol. The van der Waals surface area contributed by atoms with Crippen molar-refractivity contribution in [3.05, 3.63) is 38.9 Å². The normalized spacial score (nSPS) is 11.2. The third-order valence-corrected chi connectivity index (χ3v) is 3.33. The van der Waals surface area contributed by atoms with Gasteiger partial charge < -0.3 is 5.32 Å². The Kier molecular flexibility index (Phi) is 4.24. The molecule has 0 aliphatic carbocycles. The van der Waals surface area contributed by atoms with Crippen LogP contribution >= 0.6 is 31.9 Å². The number of anilines is 1. The van der Waals surface area contributed by atoms with Gasteiger partial charge in [0.2, 0.25) is 5.82 Å². The molecule has 0 aliphatic heterocycles. The number of benzene rings is 1. The third-order valence-electron chi connectivity index (χ3n) is 2.07. The van der Waals surface area contributed by atoms with Crippen LogP contribution in [0.25, 0.3) is 5.57 Å². The molecule has 1 aromatic heterocycles. The van der Waals surface area contributed by atoms with Crippen LogP contribution in [0.15, 0.2) is 27.3 Å². The number of H-pyrrole nitrogens is 1. The molecule has 0 amide bonds. The molecule has 0 fully saturated rings. The minimum atomic E-state index is -0.382. The number of rotatable bonds is 3. The van der Waals surface area contributed by atoms with Crippen LogP contribution < -0.4 is 5.32 Å². The molecule has 1 aromatic carbocycles. The van der Waals surface area contributed by atoms with Crippen molar-refractivity contribution in [1.82, 2.24) is 20.6 Å². The Morgan fingerprint density at radius 3 is 2.63 bits per heavy atom. The van der Waals surface area contributed by atoms with Crippen LogP contribution in [0.5, 0.6) is 0 Å². The number of hydrogen-bond donors (Lipinski definition) is 2. The fourth-order valence-corrected chi connectivity index (χ4v) is 2.61. The van der Waals surface area contributed by atoms with Gasteiger partial charge in [-0.25, -0.2) is 4.39 Å². The van der Waals surface area contributed by atoms with Crippen LogP contribution in [0.4, 0.5) is 10.1 Å². The van der Waals surface area contributed by atoms with Crippen LogP contribution in [0.3, 0.4) is 0 Å². The molecule has 0 saturated carbocycles. The standard InChI is InChI=1S/C10H5Br2FN6/c11-7-1-6(13)2-8(12)9(7)15-4-5(3-14)10-16-18-19-17-10/h1-2,4,15H,(H,16,17,18,19). The zero-order chi connectivity index (χ0) is 13.8. The molecule has 0 aliphatic rings. The number of aromatic amines is 1. The van der Waals surface area contributed by atoms with Crippen LogP contribution in [-0.4, -0.2) is 20.6 Å². The van der Waals surface area contributed by atoms with Gasteiger partial charge in [-0.1, -0.05) is 0 Å². The monoisotopic (exact) mass is 386 g/mol. The fraction of sp³-hybridized carbons (Fsp3) is 0. The molecule has 2 N–H and O–H groups in total. The van der Waals surface area contributed by atoms with Crippen molar-refractivity contribution in [2.45, 2.75) is 0 Å². The summed E-state index contributed by atoms with van der Waals surface area (Å²) in [5.74, 6) is -0.212. The van der Waals surface area contributed by atoms with Gasteiger partial charge in [0.15, 0.2) is 0 Å². The van der Waals surface area contributed by atoms with E-state index in [1.54, 1.807) is 0 Å². The van der Waals surface area contributed by atoms with Gasteiger partial charge in [0.1, 0.15) is 17.5 Å². The number of tetrazole rings is 1. The Morgan fingerprint density at radius 1 is 1.42 bits per heavy atom. The van der Waals surface area contributed by atoms with E-state index < -0.39 is 0 Å². The lowest BCUT2D eigenvalue weighted by atomic mass is 10.3. The summed E-state index contributed by atoms with van der Waals surface area (Å²) in [6.45, 7) is 0. The Balaban J connectivity index is 2.30. The van der Waals surface area contributed by atoms with E-state index in [-0.39, 0.29) is 17.2 Å². The highest BCUT2D eigenvalue weighted by Crippen LogP contribution is 2.32. The molecule has 1 heterocycles. The summed E-state index contributed by atoms with van der Waals surface area (Å²) in [6.07, 6.45) is 1.41. The topological polar surface area (TPSA) is 90.3 Å². The summed E-state index contributed by atoms with van der Waals surface area (Å²) < 4.78 is 14.1. The molecule has 0 bridgehead atoms. The molecule has 0 atom stereocenters. The van der Waals surface area contributed by atoms with E-state index in [9.17, 15) is 4.39 Å². The number of halogens is 3. The molecular weight excluding hydrogens is 383 g/mol. The van der Waals surface area contributed by atoms with Crippen molar-refractivity contribution in [3.8, 4) is 6.07 Å². The van der Waals surface area contributed by atoms with Crippen molar-refractivity contribution >= 4 is 43.1 Å². The van der Waals surface area contributed by atoms with Crippen molar-refractivity contribution < 1.29 is 4.39 Å². The highest BCUT2D eigenvalue weighted by atomic mass is 79.9. The van der Waals surface area contributed by atoms with E-state index in [1.807, 2.05) is 6.07 Å². The number of nitrogens with one attached hydrogen (secondary N) is 2. The first-order valence-electron chi connectivity index (χ1n) is 4.87. The van der Waals surface area contributed by atoms with Crippen LogP contribution in [-0.2, 0) is 0 Å². The molecule has 0 saturated heterocycles. The smallest absolute Gasteiger partial charge is 0.216 e. The van der Waals surface area contributed by atoms with E-state index in [0.717, 1.165) is 0 Å². The average molecular weight is 388 g/mol. The molecule has 9 heteroatoms. The van der Waals surface area contributed by atoms with E-state index in [2.05, 4.69) is 57.8 Å². The highest BCUT2D eigenvalue weighted by Gasteiger charge is 2.09.